The zero-order valence-corrected chi connectivity index (χ0v) is 16.7. The number of phenols is 1. The Morgan fingerprint density at radius 1 is 1.23 bits per heavy atom. The fourth-order valence-electron chi connectivity index (χ4n) is 5.65. The summed E-state index contributed by atoms with van der Waals surface area (Å²) in [6.07, 6.45) is 7.50. The van der Waals surface area contributed by atoms with E-state index in [0.717, 1.165) is 25.7 Å². The molecule has 0 aromatic heterocycles. The molecule has 146 valence electrons. The number of phenolic OH excluding ortho intramolecular Hbond substituents is 1. The van der Waals surface area contributed by atoms with Gasteiger partial charge in [0.05, 0.1) is 5.60 Å². The van der Waals surface area contributed by atoms with Gasteiger partial charge in [-0.1, -0.05) is 33.3 Å². The molecular formula is C23H36O3. The molecule has 1 saturated carbocycles. The lowest BCUT2D eigenvalue weighted by Crippen LogP contribution is -2.50. The number of hydrogen-bond donors (Lipinski definition) is 3. The van der Waals surface area contributed by atoms with Crippen LogP contribution >= 0.6 is 0 Å². The molecule has 3 heteroatoms. The fourth-order valence-corrected chi connectivity index (χ4v) is 5.65. The van der Waals surface area contributed by atoms with E-state index in [9.17, 15) is 15.3 Å². The van der Waals surface area contributed by atoms with Crippen molar-refractivity contribution in [3.05, 3.63) is 29.3 Å². The highest BCUT2D eigenvalue weighted by atomic mass is 16.3. The Kier molecular flexibility index (Phi) is 5.69. The van der Waals surface area contributed by atoms with E-state index in [1.54, 1.807) is 6.07 Å². The van der Waals surface area contributed by atoms with Crippen LogP contribution in [0.1, 0.15) is 82.8 Å². The lowest BCUT2D eigenvalue weighted by molar-refractivity contribution is -0.0936. The predicted molar refractivity (Wildman–Crippen MR) is 105 cm³/mol. The van der Waals surface area contributed by atoms with E-state index in [1.165, 1.54) is 24.0 Å². The Morgan fingerprint density at radius 3 is 2.69 bits per heavy atom. The van der Waals surface area contributed by atoms with Crippen LogP contribution in [0, 0.1) is 17.3 Å². The molecule has 0 heterocycles. The maximum absolute atomic E-state index is 11.4. The van der Waals surface area contributed by atoms with Crippen LogP contribution in [0.3, 0.4) is 0 Å². The van der Waals surface area contributed by atoms with Crippen molar-refractivity contribution in [2.45, 2.75) is 83.7 Å². The third kappa shape index (κ3) is 3.80. The van der Waals surface area contributed by atoms with Gasteiger partial charge in [-0.15, -0.1) is 0 Å². The Bertz CT molecular complexity index is 626. The molecule has 0 bridgehead atoms. The highest BCUT2D eigenvalue weighted by Crippen LogP contribution is 2.60. The molecule has 0 aliphatic heterocycles. The minimum atomic E-state index is -0.680. The average molecular weight is 361 g/mol. The second kappa shape index (κ2) is 7.52. The molecule has 2 aliphatic carbocycles. The van der Waals surface area contributed by atoms with E-state index in [-0.39, 0.29) is 12.0 Å². The van der Waals surface area contributed by atoms with Crippen LogP contribution in [0.15, 0.2) is 18.2 Å². The first-order valence-corrected chi connectivity index (χ1v) is 10.4. The van der Waals surface area contributed by atoms with Gasteiger partial charge in [-0.2, -0.15) is 0 Å². The van der Waals surface area contributed by atoms with E-state index in [0.29, 0.717) is 36.3 Å². The molecule has 1 fully saturated rings. The summed E-state index contributed by atoms with van der Waals surface area (Å²) in [5.41, 5.74) is 2.11. The minimum absolute atomic E-state index is 0.144. The summed E-state index contributed by atoms with van der Waals surface area (Å²) in [7, 11) is 0. The number of hydrogen-bond acceptors (Lipinski definition) is 3. The summed E-state index contributed by atoms with van der Waals surface area (Å²) in [4.78, 5) is 0. The normalized spacial score (nSPS) is 33.8. The molecule has 0 spiro atoms. The number of aliphatic hydroxyl groups excluding tert-OH is 1. The fraction of sp³-hybridized carbons (Fsp3) is 0.739. The smallest absolute Gasteiger partial charge is 0.115 e. The van der Waals surface area contributed by atoms with E-state index >= 15 is 0 Å². The molecule has 3 N–H and O–H groups in total. The number of aromatic hydroxyl groups is 1. The number of aliphatic hydroxyl groups is 2. The highest BCUT2D eigenvalue weighted by molar-refractivity contribution is 5.41. The molecule has 0 saturated heterocycles. The van der Waals surface area contributed by atoms with Crippen molar-refractivity contribution in [3.63, 3.8) is 0 Å². The van der Waals surface area contributed by atoms with E-state index in [1.807, 2.05) is 6.07 Å². The van der Waals surface area contributed by atoms with Crippen molar-refractivity contribution in [1.29, 1.82) is 0 Å². The second-order valence-electron chi connectivity index (χ2n) is 9.57. The summed E-state index contributed by atoms with van der Waals surface area (Å²) in [5.74, 6) is 1.86. The van der Waals surface area contributed by atoms with E-state index < -0.39 is 5.60 Å². The molecule has 3 rings (SSSR count). The topological polar surface area (TPSA) is 60.7 Å². The van der Waals surface area contributed by atoms with Crippen molar-refractivity contribution in [2.24, 2.45) is 17.3 Å². The van der Waals surface area contributed by atoms with Crippen LogP contribution < -0.4 is 0 Å². The van der Waals surface area contributed by atoms with Crippen molar-refractivity contribution >= 4 is 0 Å². The Hall–Kier alpha value is -1.06. The highest BCUT2D eigenvalue weighted by Gasteiger charge is 2.53. The number of aryl methyl sites for hydroxylation is 1. The van der Waals surface area contributed by atoms with E-state index in [4.69, 9.17) is 0 Å². The van der Waals surface area contributed by atoms with Crippen molar-refractivity contribution in [1.82, 2.24) is 0 Å². The van der Waals surface area contributed by atoms with Gasteiger partial charge in [-0.3, -0.25) is 0 Å². The molecule has 1 aromatic carbocycles. The molecular weight excluding hydrogens is 324 g/mol. The minimum Gasteiger partial charge on any atom is -0.508 e. The van der Waals surface area contributed by atoms with Crippen LogP contribution in [-0.4, -0.2) is 27.5 Å². The van der Waals surface area contributed by atoms with Gasteiger partial charge in [0, 0.05) is 6.61 Å². The molecule has 3 nitrogen and oxygen atoms in total. The molecule has 2 unspecified atom stereocenters. The molecule has 26 heavy (non-hydrogen) atoms. The number of benzene rings is 1. The summed E-state index contributed by atoms with van der Waals surface area (Å²) >= 11 is 0. The largest absolute Gasteiger partial charge is 0.508 e. The average Bonchev–Trinajstić information content (AvgIpc) is 2.59. The van der Waals surface area contributed by atoms with Gasteiger partial charge in [0.25, 0.3) is 0 Å². The third-order valence-corrected chi connectivity index (χ3v) is 7.27. The quantitative estimate of drug-likeness (QED) is 0.684. The maximum Gasteiger partial charge on any atom is 0.115 e. The standard InChI is InChI=1S/C23H36O3/c1-16(2)5-6-18-14-23(26,10-4-12-24)15-21-20-8-7-19(25)13-17(20)9-11-22(18,21)3/h7-8,13,16,18,21,24-26H,4-6,9-12,14-15H2,1-3H3/t18?,21-,22+,23?/m1/s1. The zero-order chi connectivity index (χ0) is 18.9. The van der Waals surface area contributed by atoms with Crippen LogP contribution in [0.2, 0.25) is 0 Å². The van der Waals surface area contributed by atoms with Crippen molar-refractivity contribution in [3.8, 4) is 5.75 Å². The summed E-state index contributed by atoms with van der Waals surface area (Å²) < 4.78 is 0. The first-order chi connectivity index (χ1) is 12.3. The molecule has 2 aliphatic rings. The van der Waals surface area contributed by atoms with Gasteiger partial charge in [0.15, 0.2) is 0 Å². The number of fused-ring (bicyclic) bond motifs is 3. The van der Waals surface area contributed by atoms with Gasteiger partial charge in [0.1, 0.15) is 5.75 Å². The Balaban J connectivity index is 1.95. The third-order valence-electron chi connectivity index (χ3n) is 7.27. The molecule has 0 amide bonds. The van der Waals surface area contributed by atoms with Gasteiger partial charge in [-0.05, 0) is 91.4 Å². The summed E-state index contributed by atoms with van der Waals surface area (Å²) in [6.45, 7) is 7.13. The second-order valence-corrected chi connectivity index (χ2v) is 9.57. The lowest BCUT2D eigenvalue weighted by atomic mass is 9.50. The summed E-state index contributed by atoms with van der Waals surface area (Å²) in [5, 5.41) is 30.6. The molecule has 0 radical (unpaired) electrons. The SMILES string of the molecule is CC(C)CCC1CC(O)(CCCO)C[C@@H]2c3ccc(O)cc3CC[C@@]12C. The number of rotatable bonds is 6. The zero-order valence-electron chi connectivity index (χ0n) is 16.7. The monoisotopic (exact) mass is 360 g/mol. The molecule has 4 atom stereocenters. The van der Waals surface area contributed by atoms with Crippen molar-refractivity contribution < 1.29 is 15.3 Å². The van der Waals surface area contributed by atoms with Crippen LogP contribution in [0.5, 0.6) is 5.75 Å². The predicted octanol–water partition coefficient (Wildman–Crippen LogP) is 4.78. The van der Waals surface area contributed by atoms with Gasteiger partial charge in [0.2, 0.25) is 0 Å². The Labute approximate surface area is 158 Å². The first-order valence-electron chi connectivity index (χ1n) is 10.4. The van der Waals surface area contributed by atoms with E-state index in [2.05, 4.69) is 26.8 Å². The summed E-state index contributed by atoms with van der Waals surface area (Å²) in [6, 6.07) is 5.80. The molecule has 1 aromatic rings. The van der Waals surface area contributed by atoms with Crippen molar-refractivity contribution in [2.75, 3.05) is 6.61 Å². The van der Waals surface area contributed by atoms with Gasteiger partial charge in [-0.25, -0.2) is 0 Å². The Morgan fingerprint density at radius 2 is 2.00 bits per heavy atom. The van der Waals surface area contributed by atoms with Gasteiger partial charge >= 0.3 is 0 Å². The van der Waals surface area contributed by atoms with Crippen LogP contribution in [0.4, 0.5) is 0 Å². The first kappa shape index (κ1) is 19.7. The van der Waals surface area contributed by atoms with Crippen LogP contribution in [-0.2, 0) is 6.42 Å². The maximum atomic E-state index is 11.4. The lowest BCUT2D eigenvalue weighted by Gasteiger charge is -2.56. The van der Waals surface area contributed by atoms with Gasteiger partial charge < -0.3 is 15.3 Å². The van der Waals surface area contributed by atoms with Crippen LogP contribution in [0.25, 0.3) is 0 Å².